The first-order chi connectivity index (χ1) is 12.1. The molecule has 0 saturated carbocycles. The molecule has 0 unspecified atom stereocenters. The zero-order chi connectivity index (χ0) is 17.6. The summed E-state index contributed by atoms with van der Waals surface area (Å²) in [6.45, 7) is 6.77. The van der Waals surface area contributed by atoms with Crippen LogP contribution in [0.25, 0.3) is 0 Å². The van der Waals surface area contributed by atoms with E-state index >= 15 is 0 Å². The molecule has 134 valence electrons. The van der Waals surface area contributed by atoms with Crippen LogP contribution < -0.4 is 15.5 Å². The maximum Gasteiger partial charge on any atom is 0.315 e. The van der Waals surface area contributed by atoms with E-state index in [2.05, 4.69) is 49.9 Å². The Balaban J connectivity index is 1.53. The lowest BCUT2D eigenvalue weighted by Crippen LogP contribution is -2.43. The Bertz CT molecular complexity index is 681. The topological polar surface area (TPSA) is 75.1 Å². The van der Waals surface area contributed by atoms with Gasteiger partial charge in [0.1, 0.15) is 12.7 Å². The molecule has 1 aliphatic rings. The quantitative estimate of drug-likeness (QED) is 0.845. The second-order valence-corrected chi connectivity index (χ2v) is 6.65. The van der Waals surface area contributed by atoms with Gasteiger partial charge in [0.25, 0.3) is 0 Å². The third kappa shape index (κ3) is 4.71. The van der Waals surface area contributed by atoms with Crippen LogP contribution in [-0.2, 0) is 6.54 Å². The Morgan fingerprint density at radius 2 is 2.04 bits per heavy atom. The van der Waals surface area contributed by atoms with Gasteiger partial charge in [-0.25, -0.2) is 9.78 Å². The fourth-order valence-corrected chi connectivity index (χ4v) is 3.16. The monoisotopic (exact) mass is 342 g/mol. The van der Waals surface area contributed by atoms with E-state index in [4.69, 9.17) is 0 Å². The number of nitrogens with zero attached hydrogens (tertiary/aromatic N) is 4. The fraction of sp³-hybridized carbons (Fsp3) is 0.500. The smallest absolute Gasteiger partial charge is 0.315 e. The standard InChI is InChI=1S/C18H26N6O/c1-14(11-24-13-19-12-20-24)21-18(25)22-15(2)16-6-5-7-17(10-16)23-8-3-4-9-23/h5-7,10,12-15H,3-4,8-9,11H2,1-2H3,(H2,21,22,25)/t14-,15+/m1/s1. The molecule has 2 atom stereocenters. The van der Waals surface area contributed by atoms with Crippen molar-refractivity contribution in [3.63, 3.8) is 0 Å². The average Bonchev–Trinajstić information content (AvgIpc) is 3.28. The summed E-state index contributed by atoms with van der Waals surface area (Å²) in [4.78, 5) is 18.5. The molecule has 2 aromatic rings. The minimum atomic E-state index is -0.174. The molecule has 2 amide bonds. The third-order valence-electron chi connectivity index (χ3n) is 4.49. The minimum Gasteiger partial charge on any atom is -0.372 e. The summed E-state index contributed by atoms with van der Waals surface area (Å²) in [5, 5.41) is 10.00. The molecule has 7 nitrogen and oxygen atoms in total. The Hall–Kier alpha value is -2.57. The highest BCUT2D eigenvalue weighted by molar-refractivity contribution is 5.74. The molecule has 0 aliphatic carbocycles. The lowest BCUT2D eigenvalue weighted by atomic mass is 10.1. The number of nitrogens with one attached hydrogen (secondary N) is 2. The Labute approximate surface area is 148 Å². The fourth-order valence-electron chi connectivity index (χ4n) is 3.16. The summed E-state index contributed by atoms with van der Waals surface area (Å²) in [6.07, 6.45) is 5.64. The van der Waals surface area contributed by atoms with E-state index in [0.29, 0.717) is 6.54 Å². The largest absolute Gasteiger partial charge is 0.372 e. The van der Waals surface area contributed by atoms with E-state index < -0.39 is 0 Å². The molecule has 2 N–H and O–H groups in total. The van der Waals surface area contributed by atoms with Crippen molar-refractivity contribution in [2.24, 2.45) is 0 Å². The van der Waals surface area contributed by atoms with E-state index in [1.807, 2.05) is 13.8 Å². The van der Waals surface area contributed by atoms with Crippen LogP contribution in [0.3, 0.4) is 0 Å². The lowest BCUT2D eigenvalue weighted by molar-refractivity contribution is 0.233. The highest BCUT2D eigenvalue weighted by atomic mass is 16.2. The van der Waals surface area contributed by atoms with Gasteiger partial charge in [-0.15, -0.1) is 0 Å². The molecule has 1 saturated heterocycles. The van der Waals surface area contributed by atoms with Crippen molar-refractivity contribution < 1.29 is 4.79 Å². The van der Waals surface area contributed by atoms with Crippen LogP contribution in [0, 0.1) is 0 Å². The first-order valence-corrected chi connectivity index (χ1v) is 8.86. The molecule has 1 aromatic heterocycles. The minimum absolute atomic E-state index is 0.0372. The molecule has 25 heavy (non-hydrogen) atoms. The van der Waals surface area contributed by atoms with Gasteiger partial charge in [0.05, 0.1) is 12.6 Å². The number of amides is 2. The van der Waals surface area contributed by atoms with Gasteiger partial charge < -0.3 is 15.5 Å². The molecule has 3 rings (SSSR count). The van der Waals surface area contributed by atoms with Gasteiger partial charge in [-0.05, 0) is 44.4 Å². The number of aromatic nitrogens is 3. The molecule has 1 aromatic carbocycles. The van der Waals surface area contributed by atoms with Crippen molar-refractivity contribution in [3.8, 4) is 0 Å². The van der Waals surface area contributed by atoms with E-state index in [1.165, 1.54) is 24.9 Å². The molecule has 2 heterocycles. The summed E-state index contributed by atoms with van der Waals surface area (Å²) in [5.74, 6) is 0. The molecule has 1 aliphatic heterocycles. The van der Waals surface area contributed by atoms with Gasteiger partial charge in [-0.2, -0.15) is 5.10 Å². The van der Waals surface area contributed by atoms with E-state index in [9.17, 15) is 4.79 Å². The Kier molecular flexibility index (Phi) is 5.53. The normalized spacial score (nSPS) is 16.5. The molecule has 7 heteroatoms. The highest BCUT2D eigenvalue weighted by Gasteiger charge is 2.16. The zero-order valence-electron chi connectivity index (χ0n) is 14.9. The van der Waals surface area contributed by atoms with Crippen LogP contribution >= 0.6 is 0 Å². The maximum absolute atomic E-state index is 12.2. The third-order valence-corrected chi connectivity index (χ3v) is 4.49. The van der Waals surface area contributed by atoms with Gasteiger partial charge in [0.15, 0.2) is 0 Å². The van der Waals surface area contributed by atoms with Crippen molar-refractivity contribution in [1.82, 2.24) is 25.4 Å². The number of rotatable bonds is 6. The summed E-state index contributed by atoms with van der Waals surface area (Å²) in [6, 6.07) is 8.17. The van der Waals surface area contributed by atoms with Gasteiger partial charge in [-0.1, -0.05) is 12.1 Å². The van der Waals surface area contributed by atoms with Crippen molar-refractivity contribution in [1.29, 1.82) is 0 Å². The Morgan fingerprint density at radius 3 is 2.76 bits per heavy atom. The second kappa shape index (κ2) is 8.00. The SMILES string of the molecule is C[C@H](Cn1cncn1)NC(=O)N[C@@H](C)c1cccc(N2CCCC2)c1. The summed E-state index contributed by atoms with van der Waals surface area (Å²) >= 11 is 0. The number of carbonyl (C=O) groups excluding carboxylic acids is 1. The predicted octanol–water partition coefficient (Wildman–Crippen LogP) is 2.33. The van der Waals surface area contributed by atoms with Crippen molar-refractivity contribution >= 4 is 11.7 Å². The van der Waals surface area contributed by atoms with Crippen molar-refractivity contribution in [2.75, 3.05) is 18.0 Å². The van der Waals surface area contributed by atoms with Gasteiger partial charge in [0.2, 0.25) is 0 Å². The van der Waals surface area contributed by atoms with Crippen molar-refractivity contribution in [2.45, 2.75) is 45.3 Å². The molecule has 0 radical (unpaired) electrons. The number of benzene rings is 1. The lowest BCUT2D eigenvalue weighted by Gasteiger charge is -2.21. The van der Waals surface area contributed by atoms with Gasteiger partial charge in [-0.3, -0.25) is 4.68 Å². The highest BCUT2D eigenvalue weighted by Crippen LogP contribution is 2.23. The first kappa shape index (κ1) is 17.3. The second-order valence-electron chi connectivity index (χ2n) is 6.65. The number of hydrogen-bond donors (Lipinski definition) is 2. The predicted molar refractivity (Wildman–Crippen MR) is 97.5 cm³/mol. The van der Waals surface area contributed by atoms with Crippen LogP contribution in [0.4, 0.5) is 10.5 Å². The summed E-state index contributed by atoms with van der Waals surface area (Å²) in [5.41, 5.74) is 2.35. The number of hydrogen-bond acceptors (Lipinski definition) is 4. The molecular weight excluding hydrogens is 316 g/mol. The van der Waals surface area contributed by atoms with Crippen LogP contribution in [0.1, 0.15) is 38.3 Å². The number of anilines is 1. The summed E-state index contributed by atoms with van der Waals surface area (Å²) in [7, 11) is 0. The van der Waals surface area contributed by atoms with Crippen molar-refractivity contribution in [3.05, 3.63) is 42.5 Å². The van der Waals surface area contributed by atoms with Crippen LogP contribution in [-0.4, -0.2) is 39.9 Å². The molecule has 0 bridgehead atoms. The maximum atomic E-state index is 12.2. The molecule has 1 fully saturated rings. The van der Waals surface area contributed by atoms with E-state index in [-0.39, 0.29) is 18.1 Å². The molecular formula is C18H26N6O. The summed E-state index contributed by atoms with van der Waals surface area (Å²) < 4.78 is 1.70. The van der Waals surface area contributed by atoms with E-state index in [0.717, 1.165) is 18.7 Å². The first-order valence-electron chi connectivity index (χ1n) is 8.86. The van der Waals surface area contributed by atoms with Gasteiger partial charge in [0, 0.05) is 24.8 Å². The average molecular weight is 342 g/mol. The number of urea groups is 1. The van der Waals surface area contributed by atoms with Crippen LogP contribution in [0.15, 0.2) is 36.9 Å². The number of carbonyl (C=O) groups is 1. The van der Waals surface area contributed by atoms with Gasteiger partial charge >= 0.3 is 6.03 Å². The van der Waals surface area contributed by atoms with Crippen LogP contribution in [0.2, 0.25) is 0 Å². The zero-order valence-corrected chi connectivity index (χ0v) is 14.9. The van der Waals surface area contributed by atoms with Crippen LogP contribution in [0.5, 0.6) is 0 Å². The Morgan fingerprint density at radius 1 is 1.24 bits per heavy atom. The van der Waals surface area contributed by atoms with E-state index in [1.54, 1.807) is 11.0 Å². The molecule has 0 spiro atoms.